The van der Waals surface area contributed by atoms with Crippen molar-refractivity contribution in [2.75, 3.05) is 11.8 Å². The van der Waals surface area contributed by atoms with Crippen molar-refractivity contribution < 1.29 is 27.4 Å². The molecule has 0 saturated heterocycles. The molecule has 1 unspecified atom stereocenters. The van der Waals surface area contributed by atoms with E-state index in [1.54, 1.807) is 0 Å². The van der Waals surface area contributed by atoms with Gasteiger partial charge >= 0.3 is 5.97 Å². The number of carboxylic acids is 1. The minimum Gasteiger partial charge on any atom is -0.495 e. The standard InChI is InChI=1S/C32H30FN3O5S/c1-41-30-13-27(31(37)38)28(33)14-29(30)35-42(39,40)26-17-34-36(18-26)25-8-4-22(5-9-25)21-2-6-23(7-3-21)32-15-19-10-20(16-32)12-24(32)11-19/h2-9,13-14,17-20,24,35H,10-12,15-16H2,1H3,(H,37,38)/t19-,20+,24?,32+. The Morgan fingerprint density at radius 1 is 1.02 bits per heavy atom. The number of methoxy groups -OCH3 is 1. The number of benzene rings is 3. The lowest BCUT2D eigenvalue weighted by Crippen LogP contribution is -2.27. The third-order valence-corrected chi connectivity index (χ3v) is 10.9. The van der Waals surface area contributed by atoms with Crippen LogP contribution in [0.3, 0.4) is 0 Å². The molecule has 4 saturated carbocycles. The molecule has 4 fully saturated rings. The SMILES string of the molecule is COc1cc(C(=O)O)c(F)cc1NS(=O)(=O)c1cnn(-c2ccc(-c3ccc([C@]45C[C@@H]6CC4C[C@@H](C6)C5)cc3)cc2)c1. The molecule has 4 aromatic rings. The smallest absolute Gasteiger partial charge is 0.338 e. The van der Waals surface area contributed by atoms with E-state index < -0.39 is 27.4 Å². The number of nitrogens with one attached hydrogen (secondary N) is 1. The number of ether oxygens (including phenoxy) is 1. The van der Waals surface area contributed by atoms with E-state index in [-0.39, 0.29) is 16.3 Å². The normalized spacial score (nSPS) is 24.2. The summed E-state index contributed by atoms with van der Waals surface area (Å²) in [5.74, 6) is -0.0319. The zero-order chi connectivity index (χ0) is 29.2. The second-order valence-corrected chi connectivity index (χ2v) is 13.6. The lowest BCUT2D eigenvalue weighted by atomic mass is 9.71. The fraction of sp³-hybridized carbons (Fsp3) is 0.312. The van der Waals surface area contributed by atoms with E-state index in [9.17, 15) is 17.6 Å². The molecule has 216 valence electrons. The number of nitrogens with zero attached hydrogens (tertiary/aromatic N) is 2. The van der Waals surface area contributed by atoms with E-state index in [0.29, 0.717) is 11.1 Å². The molecular formula is C32H30FN3O5S. The number of carbonyl (C=O) groups is 1. The quantitative estimate of drug-likeness (QED) is 0.252. The van der Waals surface area contributed by atoms with Gasteiger partial charge in [-0.15, -0.1) is 0 Å². The fourth-order valence-electron chi connectivity index (χ4n) is 7.82. The number of anilines is 1. The lowest BCUT2D eigenvalue weighted by Gasteiger charge is -2.33. The molecule has 0 aliphatic heterocycles. The van der Waals surface area contributed by atoms with Gasteiger partial charge in [-0.1, -0.05) is 36.4 Å². The summed E-state index contributed by atoms with van der Waals surface area (Å²) in [4.78, 5) is 11.1. The van der Waals surface area contributed by atoms with Crippen molar-refractivity contribution in [3.63, 3.8) is 0 Å². The molecule has 0 amide bonds. The van der Waals surface area contributed by atoms with E-state index >= 15 is 0 Å². The zero-order valence-electron chi connectivity index (χ0n) is 23.0. The van der Waals surface area contributed by atoms with Crippen LogP contribution in [0.5, 0.6) is 5.75 Å². The highest BCUT2D eigenvalue weighted by atomic mass is 32.2. The maximum Gasteiger partial charge on any atom is 0.338 e. The second kappa shape index (κ2) is 9.69. The van der Waals surface area contributed by atoms with Gasteiger partial charge in [-0.25, -0.2) is 22.3 Å². The number of aromatic nitrogens is 2. The first-order chi connectivity index (χ1) is 20.1. The largest absolute Gasteiger partial charge is 0.495 e. The highest BCUT2D eigenvalue weighted by Gasteiger charge is 2.58. The number of aromatic carboxylic acids is 1. The first-order valence-electron chi connectivity index (χ1n) is 14.0. The number of rotatable bonds is 8. The van der Waals surface area contributed by atoms with Crippen molar-refractivity contribution in [1.82, 2.24) is 9.78 Å². The number of sulfonamides is 1. The van der Waals surface area contributed by atoms with Crippen LogP contribution in [-0.4, -0.2) is 36.4 Å². The van der Waals surface area contributed by atoms with E-state index in [4.69, 9.17) is 9.84 Å². The fourth-order valence-corrected chi connectivity index (χ4v) is 8.82. The van der Waals surface area contributed by atoms with E-state index in [1.807, 2.05) is 24.3 Å². The first-order valence-corrected chi connectivity index (χ1v) is 15.5. The summed E-state index contributed by atoms with van der Waals surface area (Å²) >= 11 is 0. The minimum absolute atomic E-state index is 0.129. The number of hydrogen-bond acceptors (Lipinski definition) is 5. The molecule has 3 aromatic carbocycles. The minimum atomic E-state index is -4.18. The number of hydrogen-bond donors (Lipinski definition) is 2. The molecule has 8 rings (SSSR count). The molecule has 0 radical (unpaired) electrons. The second-order valence-electron chi connectivity index (χ2n) is 11.9. The molecule has 1 aromatic heterocycles. The van der Waals surface area contributed by atoms with Gasteiger partial charge in [-0.05, 0) is 90.2 Å². The highest BCUT2D eigenvalue weighted by molar-refractivity contribution is 7.92. The van der Waals surface area contributed by atoms with Crippen LogP contribution in [-0.2, 0) is 15.4 Å². The van der Waals surface area contributed by atoms with Crippen LogP contribution in [0.15, 0.2) is 78.0 Å². The van der Waals surface area contributed by atoms with Gasteiger partial charge in [0.25, 0.3) is 10.0 Å². The van der Waals surface area contributed by atoms with Crippen LogP contribution in [0.4, 0.5) is 10.1 Å². The summed E-state index contributed by atoms with van der Waals surface area (Å²) in [6.07, 6.45) is 9.47. The van der Waals surface area contributed by atoms with Gasteiger partial charge in [0.1, 0.15) is 16.5 Å². The molecular weight excluding hydrogens is 557 g/mol. The predicted molar refractivity (Wildman–Crippen MR) is 155 cm³/mol. The van der Waals surface area contributed by atoms with Gasteiger partial charge < -0.3 is 9.84 Å². The number of carboxylic acid groups (broad SMARTS) is 1. The topological polar surface area (TPSA) is 111 Å². The molecule has 10 heteroatoms. The Morgan fingerprint density at radius 2 is 1.67 bits per heavy atom. The molecule has 0 spiro atoms. The van der Waals surface area contributed by atoms with Crippen LogP contribution in [0.1, 0.15) is 48.0 Å². The van der Waals surface area contributed by atoms with Crippen molar-refractivity contribution >= 4 is 21.7 Å². The Hall–Kier alpha value is -4.18. The Labute approximate surface area is 243 Å². The van der Waals surface area contributed by atoms with Crippen molar-refractivity contribution in [3.05, 3.63) is 90.0 Å². The molecule has 2 N–H and O–H groups in total. The average Bonchev–Trinajstić information content (AvgIpc) is 3.64. The molecule has 4 atom stereocenters. The third-order valence-electron chi connectivity index (χ3n) is 9.55. The maximum absolute atomic E-state index is 14.2. The molecule has 4 aliphatic rings. The zero-order valence-corrected chi connectivity index (χ0v) is 23.8. The molecule has 8 nitrogen and oxygen atoms in total. The van der Waals surface area contributed by atoms with E-state index in [0.717, 1.165) is 41.0 Å². The van der Waals surface area contributed by atoms with Crippen LogP contribution >= 0.6 is 0 Å². The summed E-state index contributed by atoms with van der Waals surface area (Å²) in [6.45, 7) is 0. The Kier molecular flexibility index (Phi) is 6.16. The third kappa shape index (κ3) is 4.36. The summed E-state index contributed by atoms with van der Waals surface area (Å²) in [5, 5.41) is 13.3. The van der Waals surface area contributed by atoms with Crippen molar-refractivity contribution in [1.29, 1.82) is 0 Å². The van der Waals surface area contributed by atoms with Crippen LogP contribution in [0.2, 0.25) is 0 Å². The van der Waals surface area contributed by atoms with Gasteiger partial charge in [0, 0.05) is 6.07 Å². The van der Waals surface area contributed by atoms with Gasteiger partial charge in [0.15, 0.2) is 0 Å². The van der Waals surface area contributed by atoms with E-state index in [1.165, 1.54) is 61.9 Å². The summed E-state index contributed by atoms with van der Waals surface area (Å²) in [6, 6.07) is 18.5. The molecule has 1 heterocycles. The van der Waals surface area contributed by atoms with Crippen LogP contribution in [0.25, 0.3) is 16.8 Å². The summed E-state index contributed by atoms with van der Waals surface area (Å²) in [7, 11) is -2.95. The van der Waals surface area contributed by atoms with Gasteiger partial charge in [-0.3, -0.25) is 4.72 Å². The first kappa shape index (κ1) is 26.7. The van der Waals surface area contributed by atoms with E-state index in [2.05, 4.69) is 34.1 Å². The van der Waals surface area contributed by atoms with Crippen molar-refractivity contribution in [3.8, 4) is 22.6 Å². The molecule has 4 bridgehead atoms. The van der Waals surface area contributed by atoms with Gasteiger partial charge in [0.05, 0.1) is 36.4 Å². The van der Waals surface area contributed by atoms with Crippen molar-refractivity contribution in [2.24, 2.45) is 17.8 Å². The van der Waals surface area contributed by atoms with Gasteiger partial charge in [-0.2, -0.15) is 5.10 Å². The van der Waals surface area contributed by atoms with Crippen molar-refractivity contribution in [2.45, 2.75) is 42.4 Å². The number of halogens is 1. The van der Waals surface area contributed by atoms with Gasteiger partial charge in [0.2, 0.25) is 0 Å². The molecule has 4 aliphatic carbocycles. The summed E-state index contributed by atoms with van der Waals surface area (Å²) in [5.41, 5.74) is 3.89. The highest BCUT2D eigenvalue weighted by Crippen LogP contribution is 2.65. The Bertz CT molecular complexity index is 1790. The Balaban J connectivity index is 1.08. The Morgan fingerprint density at radius 3 is 2.29 bits per heavy atom. The monoisotopic (exact) mass is 587 g/mol. The molecule has 42 heavy (non-hydrogen) atoms. The predicted octanol–water partition coefficient (Wildman–Crippen LogP) is 6.26. The summed E-state index contributed by atoms with van der Waals surface area (Å²) < 4.78 is 49.1. The lowest BCUT2D eigenvalue weighted by molar-refractivity contribution is 0.0691. The van der Waals surface area contributed by atoms with Crippen LogP contribution < -0.4 is 9.46 Å². The maximum atomic E-state index is 14.2. The average molecular weight is 588 g/mol. The van der Waals surface area contributed by atoms with Crippen LogP contribution in [0, 0.1) is 23.6 Å².